The largest absolute Gasteiger partial charge is 0.334 e. The fourth-order valence-corrected chi connectivity index (χ4v) is 4.99. The number of benzene rings is 1. The normalized spacial score (nSPS) is 20.8. The van der Waals surface area contributed by atoms with Gasteiger partial charge in [0.2, 0.25) is 5.91 Å². The second kappa shape index (κ2) is 9.06. The second-order valence-electron chi connectivity index (χ2n) is 7.17. The summed E-state index contributed by atoms with van der Waals surface area (Å²) >= 11 is 6.43. The lowest BCUT2D eigenvalue weighted by Gasteiger charge is -2.36. The molecule has 1 atom stereocenters. The molecule has 2 amide bonds. The number of aromatic nitrogens is 1. The van der Waals surface area contributed by atoms with E-state index >= 15 is 0 Å². The Morgan fingerprint density at radius 3 is 2.87 bits per heavy atom. The summed E-state index contributed by atoms with van der Waals surface area (Å²) in [5, 5.41) is 0. The summed E-state index contributed by atoms with van der Waals surface area (Å²) in [7, 11) is 0. The number of amides is 2. The zero-order chi connectivity index (χ0) is 21.1. The lowest BCUT2D eigenvalue weighted by molar-refractivity contribution is -0.138. The van der Waals surface area contributed by atoms with Gasteiger partial charge in [-0.25, -0.2) is 4.39 Å². The maximum Gasteiger partial charge on any atom is 0.266 e. The maximum atomic E-state index is 13.9. The zero-order valence-corrected chi connectivity index (χ0v) is 17.8. The molecular weight excluding hydrogens is 421 g/mol. The van der Waals surface area contributed by atoms with Crippen LogP contribution in [0.2, 0.25) is 0 Å². The van der Waals surface area contributed by atoms with E-state index < -0.39 is 5.82 Å². The molecule has 0 bridgehead atoms. The fraction of sp³-hybridized carbons (Fsp3) is 0.273. The topological polar surface area (TPSA) is 53.5 Å². The van der Waals surface area contributed by atoms with Crippen LogP contribution in [0.1, 0.15) is 36.4 Å². The smallest absolute Gasteiger partial charge is 0.266 e. The van der Waals surface area contributed by atoms with E-state index in [0.717, 1.165) is 36.6 Å². The van der Waals surface area contributed by atoms with E-state index in [1.165, 1.54) is 17.0 Å². The third-order valence-electron chi connectivity index (χ3n) is 5.25. The Bertz CT molecular complexity index is 1010. The number of thiocarbonyl (C=S) groups is 1. The van der Waals surface area contributed by atoms with Gasteiger partial charge in [0.25, 0.3) is 5.91 Å². The van der Waals surface area contributed by atoms with Crippen molar-refractivity contribution in [3.8, 4) is 0 Å². The number of pyridine rings is 1. The van der Waals surface area contributed by atoms with Crippen LogP contribution in [0.5, 0.6) is 0 Å². The number of carbonyl (C=O) groups is 2. The number of carbonyl (C=O) groups excluding carboxylic acids is 2. The van der Waals surface area contributed by atoms with E-state index in [-0.39, 0.29) is 24.4 Å². The van der Waals surface area contributed by atoms with Gasteiger partial charge < -0.3 is 4.90 Å². The molecule has 154 valence electrons. The molecular formula is C22H20FN3O2S2. The molecule has 3 heterocycles. The molecule has 2 aromatic rings. The lowest BCUT2D eigenvalue weighted by Crippen LogP contribution is -2.45. The van der Waals surface area contributed by atoms with Crippen LogP contribution < -0.4 is 0 Å². The first-order valence-electron chi connectivity index (χ1n) is 9.74. The van der Waals surface area contributed by atoms with Crippen molar-refractivity contribution in [3.05, 3.63) is 70.6 Å². The molecule has 1 aromatic carbocycles. The van der Waals surface area contributed by atoms with Gasteiger partial charge in [-0.15, -0.1) is 0 Å². The summed E-state index contributed by atoms with van der Waals surface area (Å²) in [5.74, 6) is -0.921. The third kappa shape index (κ3) is 4.29. The number of rotatable bonds is 4. The number of hydrogen-bond donors (Lipinski definition) is 0. The minimum Gasteiger partial charge on any atom is -0.334 e. The van der Waals surface area contributed by atoms with Gasteiger partial charge in [-0.2, -0.15) is 0 Å². The predicted octanol–water partition coefficient (Wildman–Crippen LogP) is 4.18. The Labute approximate surface area is 184 Å². The van der Waals surface area contributed by atoms with Crippen LogP contribution in [-0.4, -0.2) is 44.0 Å². The molecule has 0 spiro atoms. The van der Waals surface area contributed by atoms with Crippen molar-refractivity contribution in [2.75, 3.05) is 13.1 Å². The Hall–Kier alpha value is -2.58. The Kier molecular flexibility index (Phi) is 6.24. The Morgan fingerprint density at radius 1 is 1.27 bits per heavy atom. The molecule has 2 aliphatic heterocycles. The van der Waals surface area contributed by atoms with Crippen molar-refractivity contribution in [2.45, 2.75) is 25.3 Å². The Balaban J connectivity index is 1.50. The molecule has 0 N–H and O–H groups in total. The minimum absolute atomic E-state index is 0.0488. The van der Waals surface area contributed by atoms with E-state index in [1.54, 1.807) is 30.6 Å². The van der Waals surface area contributed by atoms with Gasteiger partial charge in [0, 0.05) is 24.5 Å². The van der Waals surface area contributed by atoms with Gasteiger partial charge in [0.15, 0.2) is 0 Å². The van der Waals surface area contributed by atoms with Gasteiger partial charge >= 0.3 is 0 Å². The molecule has 5 nitrogen and oxygen atoms in total. The van der Waals surface area contributed by atoms with E-state index in [2.05, 4.69) is 4.98 Å². The highest BCUT2D eigenvalue weighted by molar-refractivity contribution is 8.26. The van der Waals surface area contributed by atoms with E-state index in [1.807, 2.05) is 17.0 Å². The maximum absolute atomic E-state index is 13.9. The molecule has 0 radical (unpaired) electrons. The monoisotopic (exact) mass is 441 g/mol. The lowest BCUT2D eigenvalue weighted by atomic mass is 9.96. The van der Waals surface area contributed by atoms with Crippen LogP contribution >= 0.6 is 24.0 Å². The summed E-state index contributed by atoms with van der Waals surface area (Å²) < 4.78 is 14.3. The molecule has 0 aliphatic carbocycles. The van der Waals surface area contributed by atoms with Crippen molar-refractivity contribution in [1.82, 2.24) is 14.8 Å². The van der Waals surface area contributed by atoms with Crippen LogP contribution in [0.15, 0.2) is 53.7 Å². The summed E-state index contributed by atoms with van der Waals surface area (Å²) in [6.45, 7) is 0.522. The van der Waals surface area contributed by atoms with Gasteiger partial charge in [-0.3, -0.25) is 19.5 Å². The van der Waals surface area contributed by atoms with Crippen molar-refractivity contribution in [3.63, 3.8) is 0 Å². The van der Waals surface area contributed by atoms with Gasteiger partial charge in [0.05, 0.1) is 10.9 Å². The molecule has 0 saturated carbocycles. The first kappa shape index (κ1) is 20.7. The summed E-state index contributed by atoms with van der Waals surface area (Å²) in [4.78, 5) is 33.6. The summed E-state index contributed by atoms with van der Waals surface area (Å²) in [6, 6.07) is 10.0. The van der Waals surface area contributed by atoms with E-state index in [9.17, 15) is 14.0 Å². The quantitative estimate of drug-likeness (QED) is 0.526. The van der Waals surface area contributed by atoms with Crippen molar-refractivity contribution >= 4 is 46.2 Å². The highest BCUT2D eigenvalue weighted by Gasteiger charge is 2.36. The van der Waals surface area contributed by atoms with Crippen LogP contribution in [0.25, 0.3) is 6.08 Å². The van der Waals surface area contributed by atoms with Crippen LogP contribution in [-0.2, 0) is 9.59 Å². The first-order chi connectivity index (χ1) is 14.5. The number of halogens is 1. The number of piperidine rings is 1. The average Bonchev–Trinajstić information content (AvgIpc) is 3.03. The van der Waals surface area contributed by atoms with Crippen LogP contribution in [0.4, 0.5) is 4.39 Å². The number of nitrogens with zero attached hydrogens (tertiary/aromatic N) is 3. The van der Waals surface area contributed by atoms with E-state index in [4.69, 9.17) is 12.2 Å². The average molecular weight is 442 g/mol. The SMILES string of the molecule is O=C1/C(=C\c2ccccc2F)SC(=S)N1CC(=O)N1CCCC[C@H]1c1cccnc1. The minimum atomic E-state index is -0.411. The standard InChI is InChI=1S/C22H20FN3O2S2/c23-17-8-2-1-6-15(17)12-19-21(28)26(22(29)30-19)14-20(27)25-11-4-3-9-18(25)16-7-5-10-24-13-16/h1-2,5-8,10,12-13,18H,3-4,9,11,14H2/b19-12+/t18-/m0/s1. The van der Waals surface area contributed by atoms with Crippen molar-refractivity contribution in [2.24, 2.45) is 0 Å². The molecule has 2 fully saturated rings. The molecule has 30 heavy (non-hydrogen) atoms. The molecule has 4 rings (SSSR count). The molecule has 1 aromatic heterocycles. The van der Waals surface area contributed by atoms with Crippen molar-refractivity contribution in [1.29, 1.82) is 0 Å². The molecule has 2 aliphatic rings. The van der Waals surface area contributed by atoms with Gasteiger partial charge in [-0.05, 0) is 43.0 Å². The molecule has 0 unspecified atom stereocenters. The third-order valence-corrected chi connectivity index (χ3v) is 6.63. The predicted molar refractivity (Wildman–Crippen MR) is 119 cm³/mol. The first-order valence-corrected chi connectivity index (χ1v) is 11.0. The van der Waals surface area contributed by atoms with Gasteiger partial charge in [-0.1, -0.05) is 48.2 Å². The summed E-state index contributed by atoms with van der Waals surface area (Å²) in [5.41, 5.74) is 1.31. The van der Waals surface area contributed by atoms with E-state index in [0.29, 0.717) is 21.3 Å². The molecule has 2 saturated heterocycles. The number of likely N-dealkylation sites (tertiary alicyclic amines) is 1. The highest BCUT2D eigenvalue weighted by Crippen LogP contribution is 2.34. The summed E-state index contributed by atoms with van der Waals surface area (Å²) in [6.07, 6.45) is 7.80. The number of hydrogen-bond acceptors (Lipinski definition) is 5. The molecule has 8 heteroatoms. The zero-order valence-electron chi connectivity index (χ0n) is 16.2. The second-order valence-corrected chi connectivity index (χ2v) is 8.85. The Morgan fingerprint density at radius 2 is 2.10 bits per heavy atom. The number of thioether (sulfide) groups is 1. The highest BCUT2D eigenvalue weighted by atomic mass is 32.2. The fourth-order valence-electron chi connectivity index (χ4n) is 3.75. The van der Waals surface area contributed by atoms with Crippen molar-refractivity contribution < 1.29 is 14.0 Å². The van der Waals surface area contributed by atoms with Crippen LogP contribution in [0, 0.1) is 5.82 Å². The van der Waals surface area contributed by atoms with Gasteiger partial charge in [0.1, 0.15) is 16.7 Å². The van der Waals surface area contributed by atoms with Crippen LogP contribution in [0.3, 0.4) is 0 Å².